The van der Waals surface area contributed by atoms with Gasteiger partial charge in [0.15, 0.2) is 0 Å². The van der Waals surface area contributed by atoms with Crippen LogP contribution < -0.4 is 16.0 Å². The van der Waals surface area contributed by atoms with E-state index in [1.807, 2.05) is 0 Å². The number of alkyl halides is 3. The fraction of sp³-hybridized carbons (Fsp3) is 0.364. The molecule has 1 atom stereocenters. The zero-order valence-electron chi connectivity index (χ0n) is 18.1. The predicted molar refractivity (Wildman–Crippen MR) is 121 cm³/mol. The van der Waals surface area contributed by atoms with Crippen LogP contribution in [0, 0.1) is 11.6 Å². The summed E-state index contributed by atoms with van der Waals surface area (Å²) in [4.78, 5) is 16.8. The quantitative estimate of drug-likeness (QED) is 0.364. The van der Waals surface area contributed by atoms with Crippen molar-refractivity contribution in [3.63, 3.8) is 0 Å². The van der Waals surface area contributed by atoms with Crippen LogP contribution in [-0.4, -0.2) is 46.8 Å². The highest BCUT2D eigenvalue weighted by Crippen LogP contribution is 2.43. The summed E-state index contributed by atoms with van der Waals surface area (Å²) in [6.45, 7) is 0.713. The first kappa shape index (κ1) is 25.1. The number of thiophene rings is 1. The van der Waals surface area contributed by atoms with Crippen molar-refractivity contribution in [1.29, 1.82) is 0 Å². The molecule has 0 radical (unpaired) electrons. The van der Waals surface area contributed by atoms with Crippen molar-refractivity contribution in [2.24, 2.45) is 0 Å². The number of fused-ring (bicyclic) bond motifs is 1. The zero-order valence-corrected chi connectivity index (χ0v) is 18.9. The number of carboxylic acid groups (broad SMARTS) is 1. The third-order valence-corrected chi connectivity index (χ3v) is 7.01. The molecular formula is C22H21F5N4O3S. The van der Waals surface area contributed by atoms with Crippen LogP contribution >= 0.6 is 11.3 Å². The number of aromatic nitrogens is 1. The molecule has 1 aliphatic rings. The lowest BCUT2D eigenvalue weighted by Crippen LogP contribution is -2.44. The Labute approximate surface area is 200 Å². The number of carboxylic acids is 1. The number of piperidine rings is 1. The molecule has 3 aromatic rings. The van der Waals surface area contributed by atoms with Crippen molar-refractivity contribution >= 4 is 39.0 Å². The normalized spacial score (nSPS) is 16.1. The van der Waals surface area contributed by atoms with Crippen molar-refractivity contribution in [2.45, 2.75) is 31.2 Å². The van der Waals surface area contributed by atoms with Gasteiger partial charge in [0.05, 0.1) is 17.4 Å². The van der Waals surface area contributed by atoms with Crippen LogP contribution in [0.5, 0.6) is 0 Å². The maximum Gasteiger partial charge on any atom is 0.417 e. The molecule has 13 heteroatoms. The Kier molecular flexibility index (Phi) is 6.84. The molecule has 0 bridgehead atoms. The van der Waals surface area contributed by atoms with E-state index in [1.165, 1.54) is 6.07 Å². The molecule has 1 saturated heterocycles. The van der Waals surface area contributed by atoms with Gasteiger partial charge in [0.25, 0.3) is 0 Å². The Hall–Kier alpha value is -3.03. The number of anilines is 2. The molecule has 5 N–H and O–H groups in total. The van der Waals surface area contributed by atoms with E-state index < -0.39 is 51.4 Å². The largest absolute Gasteiger partial charge is 0.477 e. The van der Waals surface area contributed by atoms with Gasteiger partial charge in [-0.15, -0.1) is 11.3 Å². The molecule has 1 unspecified atom stereocenters. The van der Waals surface area contributed by atoms with E-state index in [1.54, 1.807) is 4.90 Å². The number of carbonyl (C=O) groups is 1. The van der Waals surface area contributed by atoms with E-state index in [-0.39, 0.29) is 28.8 Å². The Bertz CT molecular complexity index is 1260. The van der Waals surface area contributed by atoms with Crippen LogP contribution in [0.4, 0.5) is 33.5 Å². The maximum absolute atomic E-state index is 13.8. The second kappa shape index (κ2) is 9.55. The summed E-state index contributed by atoms with van der Waals surface area (Å²) < 4.78 is 68.2. The van der Waals surface area contributed by atoms with E-state index in [4.69, 9.17) is 5.73 Å². The van der Waals surface area contributed by atoms with Gasteiger partial charge in [0, 0.05) is 42.7 Å². The van der Waals surface area contributed by atoms with Gasteiger partial charge in [-0.25, -0.2) is 18.6 Å². The molecule has 0 spiro atoms. The van der Waals surface area contributed by atoms with E-state index in [0.717, 1.165) is 12.1 Å². The summed E-state index contributed by atoms with van der Waals surface area (Å²) in [5.74, 6) is -2.95. The minimum atomic E-state index is -4.76. The van der Waals surface area contributed by atoms with Crippen LogP contribution in [0.2, 0.25) is 0 Å². The topological polar surface area (TPSA) is 112 Å². The molecule has 4 rings (SSSR count). The minimum absolute atomic E-state index is 0.0160. The summed E-state index contributed by atoms with van der Waals surface area (Å²) in [5, 5.41) is 22.2. The smallest absolute Gasteiger partial charge is 0.417 e. The molecule has 0 saturated carbocycles. The molecule has 1 aliphatic heterocycles. The highest BCUT2D eigenvalue weighted by atomic mass is 32.1. The number of benzene rings is 1. The lowest BCUT2D eigenvalue weighted by molar-refractivity contribution is -0.136. The number of halogens is 5. The lowest BCUT2D eigenvalue weighted by Gasteiger charge is -2.34. The second-order valence-electron chi connectivity index (χ2n) is 8.21. The first-order chi connectivity index (χ1) is 16.5. The second-order valence-corrected chi connectivity index (χ2v) is 9.21. The van der Waals surface area contributed by atoms with Gasteiger partial charge in [-0.2, -0.15) is 13.2 Å². The summed E-state index contributed by atoms with van der Waals surface area (Å²) in [6.07, 6.45) is -4.94. The van der Waals surface area contributed by atoms with Gasteiger partial charge in [-0.05, 0) is 25.0 Å². The van der Waals surface area contributed by atoms with Crippen LogP contribution in [0.15, 0.2) is 24.3 Å². The summed E-state index contributed by atoms with van der Waals surface area (Å²) in [6, 6.07) is 3.71. The number of nitrogens with one attached hydrogen (secondary N) is 1. The first-order valence-electron chi connectivity index (χ1n) is 10.6. The van der Waals surface area contributed by atoms with Gasteiger partial charge in [0.1, 0.15) is 27.2 Å². The van der Waals surface area contributed by atoms with Crippen LogP contribution in [-0.2, 0) is 6.18 Å². The van der Waals surface area contributed by atoms with Gasteiger partial charge in [0.2, 0.25) is 0 Å². The Balaban J connectivity index is 1.46. The third-order valence-electron chi connectivity index (χ3n) is 5.93. The Morgan fingerprint density at radius 3 is 2.54 bits per heavy atom. The van der Waals surface area contributed by atoms with Gasteiger partial charge in [-0.1, -0.05) is 6.07 Å². The highest BCUT2D eigenvalue weighted by Gasteiger charge is 2.37. The molecule has 35 heavy (non-hydrogen) atoms. The fourth-order valence-corrected chi connectivity index (χ4v) is 5.08. The predicted octanol–water partition coefficient (Wildman–Crippen LogP) is 4.17. The number of nitrogens with two attached hydrogens (primary N) is 1. The standard InChI is InChI=1S/C22H21F5N4O3S/c23-10-1-2-12(14(24)7-10)15(32)9-29-11-3-5-31(6-4-11)16-8-13(22(25,26)27)17-18(28)19(21(33)34)35-20(17)30-16/h1-2,7-8,11,15,29,32H,3-6,9,28H2,(H,33,34). The van der Waals surface area contributed by atoms with E-state index >= 15 is 0 Å². The Morgan fingerprint density at radius 1 is 1.26 bits per heavy atom. The monoisotopic (exact) mass is 516 g/mol. The number of aliphatic hydroxyl groups excluding tert-OH is 1. The van der Waals surface area contributed by atoms with Crippen molar-refractivity contribution in [2.75, 3.05) is 30.3 Å². The average molecular weight is 516 g/mol. The summed E-state index contributed by atoms with van der Waals surface area (Å²) >= 11 is 0.596. The molecule has 0 aliphatic carbocycles. The van der Waals surface area contributed by atoms with Gasteiger partial charge in [-0.3, -0.25) is 0 Å². The number of hydrogen-bond acceptors (Lipinski definition) is 7. The molecular weight excluding hydrogens is 495 g/mol. The molecule has 7 nitrogen and oxygen atoms in total. The molecule has 0 amide bonds. The number of aromatic carboxylic acids is 1. The number of rotatable bonds is 6. The average Bonchev–Trinajstić information content (AvgIpc) is 3.13. The van der Waals surface area contributed by atoms with Gasteiger partial charge < -0.3 is 26.2 Å². The van der Waals surface area contributed by atoms with Crippen molar-refractivity contribution < 1.29 is 37.0 Å². The van der Waals surface area contributed by atoms with Crippen LogP contribution in [0.1, 0.15) is 39.7 Å². The van der Waals surface area contributed by atoms with E-state index in [9.17, 15) is 37.0 Å². The fourth-order valence-electron chi connectivity index (χ4n) is 4.13. The van der Waals surface area contributed by atoms with Crippen LogP contribution in [0.3, 0.4) is 0 Å². The SMILES string of the molecule is Nc1c(C(=O)O)sc2nc(N3CCC(NCC(O)c4ccc(F)cc4F)CC3)cc(C(F)(F)F)c12. The first-order valence-corrected chi connectivity index (χ1v) is 11.4. The molecule has 188 valence electrons. The highest BCUT2D eigenvalue weighted by molar-refractivity contribution is 7.21. The zero-order chi connectivity index (χ0) is 25.5. The summed E-state index contributed by atoms with van der Waals surface area (Å²) in [5.41, 5.74) is 4.17. The number of nitrogens with zero attached hydrogens (tertiary/aromatic N) is 2. The number of aliphatic hydroxyl groups is 1. The maximum atomic E-state index is 13.8. The molecule has 1 aromatic carbocycles. The molecule has 2 aromatic heterocycles. The van der Waals surface area contributed by atoms with Crippen molar-refractivity contribution in [3.8, 4) is 0 Å². The third kappa shape index (κ3) is 5.16. The van der Waals surface area contributed by atoms with E-state index in [2.05, 4.69) is 10.3 Å². The molecule has 3 heterocycles. The minimum Gasteiger partial charge on any atom is -0.477 e. The number of pyridine rings is 1. The van der Waals surface area contributed by atoms with Crippen molar-refractivity contribution in [1.82, 2.24) is 10.3 Å². The van der Waals surface area contributed by atoms with Crippen LogP contribution in [0.25, 0.3) is 10.2 Å². The van der Waals surface area contributed by atoms with Crippen molar-refractivity contribution in [3.05, 3.63) is 51.9 Å². The van der Waals surface area contributed by atoms with E-state index in [0.29, 0.717) is 43.3 Å². The number of nitrogen functional groups attached to an aromatic ring is 1. The lowest BCUT2D eigenvalue weighted by atomic mass is 10.0. The number of hydrogen-bond donors (Lipinski definition) is 4. The summed E-state index contributed by atoms with van der Waals surface area (Å²) in [7, 11) is 0. The Morgan fingerprint density at radius 2 is 1.94 bits per heavy atom. The van der Waals surface area contributed by atoms with Gasteiger partial charge >= 0.3 is 12.1 Å². The molecule has 1 fully saturated rings.